The topological polar surface area (TPSA) is 69.6 Å². The predicted molar refractivity (Wildman–Crippen MR) is 83.6 cm³/mol. The number of carbonyl (C=O) groups is 2. The zero-order valence-corrected chi connectivity index (χ0v) is 12.6. The van der Waals surface area contributed by atoms with Gasteiger partial charge in [0.15, 0.2) is 0 Å². The lowest BCUT2D eigenvalue weighted by Gasteiger charge is -2.28. The van der Waals surface area contributed by atoms with Gasteiger partial charge in [-0.25, -0.2) is 9.59 Å². The van der Waals surface area contributed by atoms with Crippen molar-refractivity contribution in [3.63, 3.8) is 0 Å². The van der Waals surface area contributed by atoms with E-state index in [9.17, 15) is 14.7 Å². The van der Waals surface area contributed by atoms with Crippen LogP contribution in [0.4, 0.5) is 4.79 Å². The standard InChI is InChI=1S/C15H20N2O3S/c18-14(19)13(7-6-12-4-2-1-3-5-12)16-15(20)17-8-10-21-11-9-17/h1-5,13H,6-11H2,(H,16,20)(H,18,19). The molecule has 0 aliphatic carbocycles. The second-order valence-corrected chi connectivity index (χ2v) is 6.19. The highest BCUT2D eigenvalue weighted by Crippen LogP contribution is 2.10. The summed E-state index contributed by atoms with van der Waals surface area (Å²) >= 11 is 1.81. The fraction of sp³-hybridized carbons (Fsp3) is 0.467. The van der Waals surface area contributed by atoms with Crippen molar-refractivity contribution in [2.45, 2.75) is 18.9 Å². The summed E-state index contributed by atoms with van der Waals surface area (Å²) in [6.45, 7) is 1.36. The molecule has 0 spiro atoms. The second kappa shape index (κ2) is 7.93. The molecule has 1 unspecified atom stereocenters. The van der Waals surface area contributed by atoms with Gasteiger partial charge in [0.1, 0.15) is 6.04 Å². The summed E-state index contributed by atoms with van der Waals surface area (Å²) in [5.74, 6) is 0.843. The van der Waals surface area contributed by atoms with Gasteiger partial charge in [0, 0.05) is 24.6 Å². The van der Waals surface area contributed by atoms with E-state index >= 15 is 0 Å². The summed E-state index contributed by atoms with van der Waals surface area (Å²) < 4.78 is 0. The molecule has 0 aromatic heterocycles. The quantitative estimate of drug-likeness (QED) is 0.871. The van der Waals surface area contributed by atoms with Gasteiger partial charge in [0.05, 0.1) is 0 Å². The van der Waals surface area contributed by atoms with Crippen LogP contribution in [0.2, 0.25) is 0 Å². The lowest BCUT2D eigenvalue weighted by Crippen LogP contribution is -2.50. The zero-order chi connectivity index (χ0) is 15.1. The van der Waals surface area contributed by atoms with E-state index in [1.54, 1.807) is 4.90 Å². The van der Waals surface area contributed by atoms with E-state index < -0.39 is 12.0 Å². The molecular formula is C15H20N2O3S. The minimum atomic E-state index is -0.981. The molecule has 114 valence electrons. The SMILES string of the molecule is O=C(O)C(CCc1ccccc1)NC(=O)N1CCSCC1. The molecule has 1 saturated heterocycles. The van der Waals surface area contributed by atoms with Crippen LogP contribution in [0.3, 0.4) is 0 Å². The first kappa shape index (κ1) is 15.7. The van der Waals surface area contributed by atoms with Crippen molar-refractivity contribution >= 4 is 23.8 Å². The molecule has 2 rings (SSSR count). The van der Waals surface area contributed by atoms with Gasteiger partial charge < -0.3 is 15.3 Å². The summed E-state index contributed by atoms with van der Waals surface area (Å²) in [6.07, 6.45) is 1.03. The number of hydrogen-bond acceptors (Lipinski definition) is 3. The number of amides is 2. The van der Waals surface area contributed by atoms with E-state index in [2.05, 4.69) is 5.32 Å². The van der Waals surface area contributed by atoms with Gasteiger partial charge in [-0.05, 0) is 18.4 Å². The Morgan fingerprint density at radius 3 is 2.52 bits per heavy atom. The number of aryl methyl sites for hydroxylation is 1. The van der Waals surface area contributed by atoms with Gasteiger partial charge in [-0.2, -0.15) is 11.8 Å². The number of benzene rings is 1. The van der Waals surface area contributed by atoms with Crippen molar-refractivity contribution in [1.29, 1.82) is 0 Å². The maximum absolute atomic E-state index is 12.1. The number of rotatable bonds is 5. The Morgan fingerprint density at radius 1 is 1.24 bits per heavy atom. The number of thioether (sulfide) groups is 1. The largest absolute Gasteiger partial charge is 0.480 e. The molecule has 21 heavy (non-hydrogen) atoms. The smallest absolute Gasteiger partial charge is 0.326 e. The van der Waals surface area contributed by atoms with Gasteiger partial charge in [0.2, 0.25) is 0 Å². The van der Waals surface area contributed by atoms with Crippen LogP contribution in [-0.4, -0.2) is 52.6 Å². The molecule has 2 N–H and O–H groups in total. The average Bonchev–Trinajstić information content (AvgIpc) is 2.52. The molecule has 5 nitrogen and oxygen atoms in total. The monoisotopic (exact) mass is 308 g/mol. The highest BCUT2D eigenvalue weighted by molar-refractivity contribution is 7.99. The molecule has 0 saturated carbocycles. The third-order valence-corrected chi connectivity index (χ3v) is 4.40. The third kappa shape index (κ3) is 4.97. The van der Waals surface area contributed by atoms with Crippen molar-refractivity contribution < 1.29 is 14.7 Å². The van der Waals surface area contributed by atoms with Crippen molar-refractivity contribution in [1.82, 2.24) is 10.2 Å². The van der Waals surface area contributed by atoms with Gasteiger partial charge in [-0.3, -0.25) is 0 Å². The Hall–Kier alpha value is -1.69. The van der Waals surface area contributed by atoms with E-state index in [1.165, 1.54) is 0 Å². The number of carboxylic acids is 1. The van der Waals surface area contributed by atoms with Crippen LogP contribution in [0.15, 0.2) is 30.3 Å². The van der Waals surface area contributed by atoms with Crippen LogP contribution in [0, 0.1) is 0 Å². The number of nitrogens with zero attached hydrogens (tertiary/aromatic N) is 1. The molecule has 1 aromatic carbocycles. The molecule has 0 bridgehead atoms. The van der Waals surface area contributed by atoms with Crippen molar-refractivity contribution in [2.24, 2.45) is 0 Å². The molecular weight excluding hydrogens is 288 g/mol. The Labute approximate surface area is 128 Å². The van der Waals surface area contributed by atoms with Crippen molar-refractivity contribution in [3.8, 4) is 0 Å². The van der Waals surface area contributed by atoms with Crippen LogP contribution < -0.4 is 5.32 Å². The van der Waals surface area contributed by atoms with Gasteiger partial charge in [-0.15, -0.1) is 0 Å². The number of urea groups is 1. The fourth-order valence-corrected chi connectivity index (χ4v) is 3.12. The number of hydrogen-bond donors (Lipinski definition) is 2. The van der Waals surface area contributed by atoms with Crippen molar-refractivity contribution in [2.75, 3.05) is 24.6 Å². The Kier molecular flexibility index (Phi) is 5.92. The van der Waals surface area contributed by atoms with Crippen LogP contribution in [0.25, 0.3) is 0 Å². The van der Waals surface area contributed by atoms with E-state index in [4.69, 9.17) is 0 Å². The number of carboxylic acid groups (broad SMARTS) is 1. The number of aliphatic carboxylic acids is 1. The summed E-state index contributed by atoms with van der Waals surface area (Å²) in [5, 5.41) is 11.9. The molecule has 1 atom stereocenters. The van der Waals surface area contributed by atoms with Crippen LogP contribution in [0.1, 0.15) is 12.0 Å². The Bertz CT molecular complexity index is 475. The van der Waals surface area contributed by atoms with Gasteiger partial charge in [-0.1, -0.05) is 30.3 Å². The van der Waals surface area contributed by atoms with Gasteiger partial charge >= 0.3 is 12.0 Å². The maximum atomic E-state index is 12.1. The number of nitrogens with one attached hydrogen (secondary N) is 1. The second-order valence-electron chi connectivity index (χ2n) is 4.96. The highest BCUT2D eigenvalue weighted by atomic mass is 32.2. The summed E-state index contributed by atoms with van der Waals surface area (Å²) in [5.41, 5.74) is 1.08. The maximum Gasteiger partial charge on any atom is 0.326 e. The molecule has 1 heterocycles. The first-order chi connectivity index (χ1) is 10.2. The minimum Gasteiger partial charge on any atom is -0.480 e. The minimum absolute atomic E-state index is 0.268. The first-order valence-electron chi connectivity index (χ1n) is 7.07. The lowest BCUT2D eigenvalue weighted by atomic mass is 10.1. The normalized spacial score (nSPS) is 16.3. The van der Waals surface area contributed by atoms with Crippen LogP contribution in [0.5, 0.6) is 0 Å². The van der Waals surface area contributed by atoms with Crippen LogP contribution in [-0.2, 0) is 11.2 Å². The third-order valence-electron chi connectivity index (χ3n) is 3.46. The molecule has 1 aliphatic rings. The van der Waals surface area contributed by atoms with E-state index in [0.29, 0.717) is 25.9 Å². The van der Waals surface area contributed by atoms with Crippen molar-refractivity contribution in [3.05, 3.63) is 35.9 Å². The summed E-state index contributed by atoms with van der Waals surface area (Å²) in [4.78, 5) is 25.1. The first-order valence-corrected chi connectivity index (χ1v) is 8.22. The zero-order valence-electron chi connectivity index (χ0n) is 11.8. The van der Waals surface area contributed by atoms with E-state index in [0.717, 1.165) is 17.1 Å². The molecule has 1 aliphatic heterocycles. The molecule has 1 fully saturated rings. The average molecular weight is 308 g/mol. The Morgan fingerprint density at radius 2 is 1.90 bits per heavy atom. The molecule has 6 heteroatoms. The summed E-state index contributed by atoms with van der Waals surface area (Å²) in [7, 11) is 0. The van der Waals surface area contributed by atoms with Gasteiger partial charge in [0.25, 0.3) is 0 Å². The molecule has 0 radical (unpaired) electrons. The van der Waals surface area contributed by atoms with E-state index in [1.807, 2.05) is 42.1 Å². The highest BCUT2D eigenvalue weighted by Gasteiger charge is 2.23. The Balaban J connectivity index is 1.86. The lowest BCUT2D eigenvalue weighted by molar-refractivity contribution is -0.139. The summed E-state index contributed by atoms with van der Waals surface area (Å²) in [6, 6.07) is 8.59. The van der Waals surface area contributed by atoms with Crippen LogP contribution >= 0.6 is 11.8 Å². The number of carbonyl (C=O) groups excluding carboxylic acids is 1. The molecule has 2 amide bonds. The van der Waals surface area contributed by atoms with E-state index in [-0.39, 0.29) is 6.03 Å². The fourth-order valence-electron chi connectivity index (χ4n) is 2.22. The predicted octanol–water partition coefficient (Wildman–Crippen LogP) is 1.83. The molecule has 1 aromatic rings.